The lowest BCUT2D eigenvalue weighted by Crippen LogP contribution is -2.40. The highest BCUT2D eigenvalue weighted by Gasteiger charge is 2.22. The molecule has 1 aliphatic rings. The van der Waals surface area contributed by atoms with Crippen molar-refractivity contribution < 1.29 is 9.90 Å². The predicted molar refractivity (Wildman–Crippen MR) is 80.3 cm³/mol. The van der Waals surface area contributed by atoms with Crippen molar-refractivity contribution in [3.05, 3.63) is 34.9 Å². The van der Waals surface area contributed by atoms with Gasteiger partial charge in [0.1, 0.15) is 0 Å². The Bertz CT molecular complexity index is 428. The summed E-state index contributed by atoms with van der Waals surface area (Å²) in [5, 5.41) is 13.2. The number of aliphatic carboxylic acids is 1. The van der Waals surface area contributed by atoms with Crippen molar-refractivity contribution in [2.45, 2.75) is 25.3 Å². The maximum Gasteiger partial charge on any atom is 0.304 e. The average Bonchev–Trinajstić information content (AvgIpc) is 2.69. The van der Waals surface area contributed by atoms with E-state index < -0.39 is 5.97 Å². The van der Waals surface area contributed by atoms with Gasteiger partial charge < -0.3 is 10.4 Å². The molecule has 2 rings (SSSR count). The predicted octanol–water partition coefficient (Wildman–Crippen LogP) is 2.02. The summed E-state index contributed by atoms with van der Waals surface area (Å²) < 4.78 is 0. The van der Waals surface area contributed by atoms with Crippen LogP contribution in [0.15, 0.2) is 24.3 Å². The van der Waals surface area contributed by atoms with Crippen LogP contribution in [0.2, 0.25) is 5.02 Å². The molecule has 0 radical (unpaired) electrons. The second kappa shape index (κ2) is 7.62. The zero-order chi connectivity index (χ0) is 14.4. The maximum atomic E-state index is 11.1. The molecule has 1 heterocycles. The van der Waals surface area contributed by atoms with Crippen molar-refractivity contribution in [3.8, 4) is 0 Å². The molecule has 0 amide bonds. The van der Waals surface area contributed by atoms with E-state index in [0.717, 1.165) is 44.6 Å². The van der Waals surface area contributed by atoms with Gasteiger partial charge in [-0.15, -0.1) is 0 Å². The van der Waals surface area contributed by atoms with Crippen molar-refractivity contribution in [1.82, 2.24) is 10.2 Å². The number of carboxylic acids is 1. The Kier molecular flexibility index (Phi) is 5.83. The van der Waals surface area contributed by atoms with E-state index in [1.165, 1.54) is 0 Å². The van der Waals surface area contributed by atoms with Gasteiger partial charge in [-0.25, -0.2) is 0 Å². The van der Waals surface area contributed by atoms with Gasteiger partial charge >= 0.3 is 5.97 Å². The second-order valence-corrected chi connectivity index (χ2v) is 5.66. The smallest absolute Gasteiger partial charge is 0.304 e. The Balaban J connectivity index is 2.05. The Morgan fingerprint density at radius 3 is 2.75 bits per heavy atom. The van der Waals surface area contributed by atoms with E-state index in [0.29, 0.717) is 5.02 Å². The molecule has 2 N–H and O–H groups in total. The Morgan fingerprint density at radius 1 is 1.30 bits per heavy atom. The fourth-order valence-electron chi connectivity index (χ4n) is 2.66. The standard InChI is InChI=1S/C15H21ClN2O2/c16-13-4-2-12(3-5-13)10-14(11-15(19)20)18-8-1-6-17-7-9-18/h2-5,14,17H,1,6-11H2,(H,19,20). The van der Waals surface area contributed by atoms with E-state index in [2.05, 4.69) is 10.2 Å². The number of benzene rings is 1. The number of halogens is 1. The monoisotopic (exact) mass is 296 g/mol. The van der Waals surface area contributed by atoms with E-state index in [4.69, 9.17) is 16.7 Å². The third kappa shape index (κ3) is 4.78. The minimum Gasteiger partial charge on any atom is -0.481 e. The molecule has 110 valence electrons. The summed E-state index contributed by atoms with van der Waals surface area (Å²) in [4.78, 5) is 13.4. The molecule has 1 saturated heterocycles. The van der Waals surface area contributed by atoms with Crippen LogP contribution in [-0.4, -0.2) is 48.2 Å². The van der Waals surface area contributed by atoms with Crippen LogP contribution >= 0.6 is 11.6 Å². The van der Waals surface area contributed by atoms with Gasteiger partial charge in [0, 0.05) is 24.2 Å². The summed E-state index contributed by atoms with van der Waals surface area (Å²) in [5.41, 5.74) is 1.14. The third-order valence-corrected chi connectivity index (χ3v) is 3.94. The first-order chi connectivity index (χ1) is 9.65. The second-order valence-electron chi connectivity index (χ2n) is 5.22. The van der Waals surface area contributed by atoms with Crippen molar-refractivity contribution in [3.63, 3.8) is 0 Å². The van der Waals surface area contributed by atoms with E-state index in [-0.39, 0.29) is 12.5 Å². The van der Waals surface area contributed by atoms with Crippen molar-refractivity contribution in [2.24, 2.45) is 0 Å². The largest absolute Gasteiger partial charge is 0.481 e. The lowest BCUT2D eigenvalue weighted by atomic mass is 10.0. The molecular formula is C15H21ClN2O2. The van der Waals surface area contributed by atoms with Gasteiger partial charge in [0.05, 0.1) is 6.42 Å². The molecule has 1 unspecified atom stereocenters. The van der Waals surface area contributed by atoms with Crippen molar-refractivity contribution >= 4 is 17.6 Å². The Labute approximate surface area is 124 Å². The molecular weight excluding hydrogens is 276 g/mol. The molecule has 1 aliphatic heterocycles. The number of rotatable bonds is 5. The molecule has 1 fully saturated rings. The maximum absolute atomic E-state index is 11.1. The molecule has 1 aromatic carbocycles. The van der Waals surface area contributed by atoms with Crippen LogP contribution in [0.25, 0.3) is 0 Å². The highest BCUT2D eigenvalue weighted by Crippen LogP contribution is 2.16. The number of carbonyl (C=O) groups is 1. The summed E-state index contributed by atoms with van der Waals surface area (Å²) in [6.45, 7) is 3.80. The summed E-state index contributed by atoms with van der Waals surface area (Å²) >= 11 is 5.89. The molecule has 4 nitrogen and oxygen atoms in total. The Morgan fingerprint density at radius 2 is 2.05 bits per heavy atom. The first-order valence-corrected chi connectivity index (χ1v) is 7.44. The third-order valence-electron chi connectivity index (χ3n) is 3.69. The number of hydrogen-bond acceptors (Lipinski definition) is 3. The molecule has 0 saturated carbocycles. The Hall–Kier alpha value is -1.10. The quantitative estimate of drug-likeness (QED) is 0.873. The van der Waals surface area contributed by atoms with E-state index in [1.54, 1.807) is 0 Å². The number of nitrogens with zero attached hydrogens (tertiary/aromatic N) is 1. The van der Waals surface area contributed by atoms with Crippen LogP contribution in [-0.2, 0) is 11.2 Å². The van der Waals surface area contributed by atoms with Crippen molar-refractivity contribution in [2.75, 3.05) is 26.2 Å². The van der Waals surface area contributed by atoms with Crippen LogP contribution in [0.4, 0.5) is 0 Å². The number of nitrogens with one attached hydrogen (secondary N) is 1. The zero-order valence-corrected chi connectivity index (χ0v) is 12.3. The number of carboxylic acid groups (broad SMARTS) is 1. The summed E-state index contributed by atoms with van der Waals surface area (Å²) in [6, 6.07) is 7.73. The summed E-state index contributed by atoms with van der Waals surface area (Å²) in [5.74, 6) is -0.735. The van der Waals surface area contributed by atoms with Gasteiger partial charge in [-0.1, -0.05) is 23.7 Å². The molecule has 20 heavy (non-hydrogen) atoms. The fraction of sp³-hybridized carbons (Fsp3) is 0.533. The summed E-state index contributed by atoms with van der Waals surface area (Å²) in [6.07, 6.45) is 2.00. The molecule has 1 atom stereocenters. The minimum absolute atomic E-state index is 0.0496. The fourth-order valence-corrected chi connectivity index (χ4v) is 2.78. The molecule has 0 bridgehead atoms. The molecule has 5 heteroatoms. The van der Waals surface area contributed by atoms with E-state index in [9.17, 15) is 4.79 Å². The van der Waals surface area contributed by atoms with Gasteiger partial charge in [-0.2, -0.15) is 0 Å². The van der Waals surface area contributed by atoms with Crippen molar-refractivity contribution in [1.29, 1.82) is 0 Å². The van der Waals surface area contributed by atoms with Gasteiger partial charge in [0.25, 0.3) is 0 Å². The van der Waals surface area contributed by atoms with Crippen LogP contribution in [0.3, 0.4) is 0 Å². The van der Waals surface area contributed by atoms with Gasteiger partial charge in [0.2, 0.25) is 0 Å². The zero-order valence-electron chi connectivity index (χ0n) is 11.5. The highest BCUT2D eigenvalue weighted by molar-refractivity contribution is 6.30. The normalized spacial score (nSPS) is 18.4. The molecule has 0 aromatic heterocycles. The lowest BCUT2D eigenvalue weighted by molar-refractivity contribution is -0.138. The van der Waals surface area contributed by atoms with E-state index in [1.807, 2.05) is 24.3 Å². The van der Waals surface area contributed by atoms with Gasteiger partial charge in [-0.3, -0.25) is 9.69 Å². The van der Waals surface area contributed by atoms with E-state index >= 15 is 0 Å². The van der Waals surface area contributed by atoms with Gasteiger partial charge in [0.15, 0.2) is 0 Å². The van der Waals surface area contributed by atoms with Gasteiger partial charge in [-0.05, 0) is 43.6 Å². The van der Waals surface area contributed by atoms with Crippen LogP contribution in [0.1, 0.15) is 18.4 Å². The van der Waals surface area contributed by atoms with Crippen LogP contribution < -0.4 is 5.32 Å². The molecule has 0 aliphatic carbocycles. The number of hydrogen-bond donors (Lipinski definition) is 2. The van der Waals surface area contributed by atoms with Crippen LogP contribution in [0, 0.1) is 0 Å². The highest BCUT2D eigenvalue weighted by atomic mass is 35.5. The first-order valence-electron chi connectivity index (χ1n) is 7.06. The topological polar surface area (TPSA) is 52.6 Å². The molecule has 0 spiro atoms. The SMILES string of the molecule is O=C(O)CC(Cc1ccc(Cl)cc1)N1CCCNCC1. The molecule has 1 aromatic rings. The summed E-state index contributed by atoms with van der Waals surface area (Å²) in [7, 11) is 0. The minimum atomic E-state index is -0.735. The first kappa shape index (κ1) is 15.3. The van der Waals surface area contributed by atoms with Crippen LogP contribution in [0.5, 0.6) is 0 Å². The average molecular weight is 297 g/mol. The lowest BCUT2D eigenvalue weighted by Gasteiger charge is -2.29.